The molecule has 110 valence electrons. The Labute approximate surface area is 119 Å². The van der Waals surface area contributed by atoms with E-state index in [1.54, 1.807) is 13.3 Å². The van der Waals surface area contributed by atoms with Gasteiger partial charge in [-0.15, -0.1) is 0 Å². The lowest BCUT2D eigenvalue weighted by molar-refractivity contribution is -0.127. The lowest BCUT2D eigenvalue weighted by Gasteiger charge is -2.35. The highest BCUT2D eigenvalue weighted by molar-refractivity contribution is 5.82. The molecule has 1 aromatic rings. The number of carbonyl (C=O) groups is 1. The number of pyridine rings is 1. The van der Waals surface area contributed by atoms with Crippen LogP contribution in [0, 0.1) is 0 Å². The van der Waals surface area contributed by atoms with Crippen LogP contribution in [-0.2, 0) is 11.3 Å². The average molecular weight is 278 g/mol. The van der Waals surface area contributed by atoms with Crippen molar-refractivity contribution in [2.75, 3.05) is 33.3 Å². The predicted molar refractivity (Wildman–Crippen MR) is 76.5 cm³/mol. The summed E-state index contributed by atoms with van der Waals surface area (Å²) in [6, 6.07) is 3.73. The summed E-state index contributed by atoms with van der Waals surface area (Å²) in [6.07, 6.45) is 1.71. The third-order valence-electron chi connectivity index (χ3n) is 3.42. The van der Waals surface area contributed by atoms with E-state index < -0.39 is 0 Å². The van der Waals surface area contributed by atoms with Gasteiger partial charge in [-0.2, -0.15) is 0 Å². The zero-order valence-electron chi connectivity index (χ0n) is 12.1. The number of aromatic nitrogens is 1. The zero-order valence-corrected chi connectivity index (χ0v) is 12.1. The number of rotatable bonds is 5. The number of ether oxygens (including phenoxy) is 1. The van der Waals surface area contributed by atoms with E-state index in [1.165, 1.54) is 0 Å². The quantitative estimate of drug-likeness (QED) is 0.793. The van der Waals surface area contributed by atoms with E-state index >= 15 is 0 Å². The molecule has 1 atom stereocenters. The largest absolute Gasteiger partial charge is 0.481 e. The molecular formula is C14H22N4O2. The smallest absolute Gasteiger partial charge is 0.238 e. The highest BCUT2D eigenvalue weighted by Crippen LogP contribution is 2.18. The molecule has 1 aliphatic heterocycles. The van der Waals surface area contributed by atoms with Gasteiger partial charge in [-0.3, -0.25) is 9.69 Å². The number of hydrogen-bond donors (Lipinski definition) is 2. The standard InChI is InChI=1S/C14H22N4O2/c1-3-16-13(19)12-9-15-7-8-18(12)10-11-5-4-6-17-14(11)20-2/h4-6,12,15H,3,7-10H2,1-2H3,(H,16,19). The molecule has 6 heteroatoms. The maximum absolute atomic E-state index is 12.1. The van der Waals surface area contributed by atoms with E-state index in [0.717, 1.165) is 18.7 Å². The van der Waals surface area contributed by atoms with Crippen molar-refractivity contribution in [1.82, 2.24) is 20.5 Å². The summed E-state index contributed by atoms with van der Waals surface area (Å²) in [5.41, 5.74) is 1.01. The molecule has 1 aliphatic rings. The minimum Gasteiger partial charge on any atom is -0.481 e. The van der Waals surface area contributed by atoms with Gasteiger partial charge >= 0.3 is 0 Å². The van der Waals surface area contributed by atoms with Crippen LogP contribution in [0.1, 0.15) is 12.5 Å². The molecule has 1 saturated heterocycles. The molecule has 1 fully saturated rings. The van der Waals surface area contributed by atoms with Crippen molar-refractivity contribution in [2.45, 2.75) is 19.5 Å². The van der Waals surface area contributed by atoms with Crippen LogP contribution in [0.25, 0.3) is 0 Å². The fourth-order valence-corrected chi connectivity index (χ4v) is 2.43. The van der Waals surface area contributed by atoms with Crippen LogP contribution < -0.4 is 15.4 Å². The van der Waals surface area contributed by atoms with E-state index in [0.29, 0.717) is 25.5 Å². The van der Waals surface area contributed by atoms with E-state index in [9.17, 15) is 4.79 Å². The van der Waals surface area contributed by atoms with Gasteiger partial charge in [0, 0.05) is 44.5 Å². The molecule has 1 unspecified atom stereocenters. The molecule has 0 radical (unpaired) electrons. The molecule has 6 nitrogen and oxygen atoms in total. The number of hydrogen-bond acceptors (Lipinski definition) is 5. The number of likely N-dealkylation sites (N-methyl/N-ethyl adjacent to an activating group) is 1. The van der Waals surface area contributed by atoms with E-state index in [-0.39, 0.29) is 11.9 Å². The lowest BCUT2D eigenvalue weighted by atomic mass is 10.1. The second-order valence-electron chi connectivity index (χ2n) is 4.76. The van der Waals surface area contributed by atoms with Crippen LogP contribution in [0.3, 0.4) is 0 Å². The molecule has 1 amide bonds. The number of piperazine rings is 1. The molecule has 2 N–H and O–H groups in total. The van der Waals surface area contributed by atoms with Gasteiger partial charge in [0.05, 0.1) is 7.11 Å². The Kier molecular flexibility index (Phi) is 5.31. The predicted octanol–water partition coefficient (Wildman–Crippen LogP) is 0.000100. The summed E-state index contributed by atoms with van der Waals surface area (Å²) in [6.45, 7) is 5.65. The summed E-state index contributed by atoms with van der Waals surface area (Å²) < 4.78 is 5.28. The SMILES string of the molecule is CCNC(=O)C1CNCCN1Cc1cccnc1OC. The Morgan fingerprint density at radius 2 is 2.50 bits per heavy atom. The topological polar surface area (TPSA) is 66.5 Å². The first-order valence-electron chi connectivity index (χ1n) is 6.96. The number of amides is 1. The van der Waals surface area contributed by atoms with Crippen molar-refractivity contribution in [1.29, 1.82) is 0 Å². The molecule has 0 bridgehead atoms. The van der Waals surface area contributed by atoms with Gasteiger partial charge in [-0.1, -0.05) is 6.07 Å². The van der Waals surface area contributed by atoms with E-state index in [1.807, 2.05) is 19.1 Å². The van der Waals surface area contributed by atoms with Crippen LogP contribution in [0.4, 0.5) is 0 Å². The maximum Gasteiger partial charge on any atom is 0.238 e. The van der Waals surface area contributed by atoms with Crippen molar-refractivity contribution in [2.24, 2.45) is 0 Å². The van der Waals surface area contributed by atoms with Gasteiger partial charge in [-0.05, 0) is 13.0 Å². The normalized spacial score (nSPS) is 19.6. The first-order valence-corrected chi connectivity index (χ1v) is 6.96. The highest BCUT2D eigenvalue weighted by Gasteiger charge is 2.28. The van der Waals surface area contributed by atoms with Gasteiger partial charge in [0.25, 0.3) is 0 Å². The van der Waals surface area contributed by atoms with Crippen molar-refractivity contribution < 1.29 is 9.53 Å². The Balaban J connectivity index is 2.10. The number of carbonyl (C=O) groups excluding carboxylic acids is 1. The molecule has 20 heavy (non-hydrogen) atoms. The fourth-order valence-electron chi connectivity index (χ4n) is 2.43. The van der Waals surface area contributed by atoms with Crippen molar-refractivity contribution in [3.63, 3.8) is 0 Å². The third-order valence-corrected chi connectivity index (χ3v) is 3.42. The summed E-state index contributed by atoms with van der Waals surface area (Å²) in [5.74, 6) is 0.697. The van der Waals surface area contributed by atoms with Gasteiger partial charge < -0.3 is 15.4 Å². The zero-order chi connectivity index (χ0) is 14.4. The van der Waals surface area contributed by atoms with E-state index in [4.69, 9.17) is 4.74 Å². The first kappa shape index (κ1) is 14.7. The second kappa shape index (κ2) is 7.21. The maximum atomic E-state index is 12.1. The number of methoxy groups -OCH3 is 1. The van der Waals surface area contributed by atoms with Crippen molar-refractivity contribution in [3.8, 4) is 5.88 Å². The van der Waals surface area contributed by atoms with Crippen molar-refractivity contribution >= 4 is 5.91 Å². The van der Waals surface area contributed by atoms with Crippen molar-refractivity contribution in [3.05, 3.63) is 23.9 Å². The van der Waals surface area contributed by atoms with Crippen LogP contribution in [-0.4, -0.2) is 55.1 Å². The summed E-state index contributed by atoms with van der Waals surface area (Å²) in [4.78, 5) is 18.5. The van der Waals surface area contributed by atoms with Gasteiger partial charge in [-0.25, -0.2) is 4.98 Å². The monoisotopic (exact) mass is 278 g/mol. The van der Waals surface area contributed by atoms with Crippen LogP contribution in [0.2, 0.25) is 0 Å². The molecule has 2 rings (SSSR count). The Morgan fingerprint density at radius 3 is 3.25 bits per heavy atom. The fraction of sp³-hybridized carbons (Fsp3) is 0.571. The average Bonchev–Trinajstić information content (AvgIpc) is 2.48. The van der Waals surface area contributed by atoms with Crippen LogP contribution in [0.15, 0.2) is 18.3 Å². The summed E-state index contributed by atoms with van der Waals surface area (Å²) in [7, 11) is 1.62. The molecule has 0 aliphatic carbocycles. The Hall–Kier alpha value is -1.66. The summed E-state index contributed by atoms with van der Waals surface area (Å²) in [5, 5.41) is 6.16. The second-order valence-corrected chi connectivity index (χ2v) is 4.76. The van der Waals surface area contributed by atoms with Gasteiger partial charge in [0.1, 0.15) is 6.04 Å². The number of nitrogens with zero attached hydrogens (tertiary/aromatic N) is 2. The Morgan fingerprint density at radius 1 is 1.65 bits per heavy atom. The third kappa shape index (κ3) is 3.46. The molecule has 0 saturated carbocycles. The van der Waals surface area contributed by atoms with Crippen LogP contribution >= 0.6 is 0 Å². The van der Waals surface area contributed by atoms with Crippen LogP contribution in [0.5, 0.6) is 5.88 Å². The molecule has 1 aromatic heterocycles. The van der Waals surface area contributed by atoms with Gasteiger partial charge in [0.2, 0.25) is 11.8 Å². The summed E-state index contributed by atoms with van der Waals surface area (Å²) >= 11 is 0. The minimum absolute atomic E-state index is 0.0718. The number of nitrogens with one attached hydrogen (secondary N) is 2. The molecule has 2 heterocycles. The minimum atomic E-state index is -0.145. The van der Waals surface area contributed by atoms with E-state index in [2.05, 4.69) is 20.5 Å². The molecular weight excluding hydrogens is 256 g/mol. The Bertz CT molecular complexity index is 453. The first-order chi connectivity index (χ1) is 9.76. The highest BCUT2D eigenvalue weighted by atomic mass is 16.5. The lowest BCUT2D eigenvalue weighted by Crippen LogP contribution is -2.57. The van der Waals surface area contributed by atoms with Gasteiger partial charge in [0.15, 0.2) is 0 Å². The molecule has 0 aromatic carbocycles. The molecule has 0 spiro atoms.